The topological polar surface area (TPSA) is 35.9 Å². The molecule has 5 heteroatoms. The van der Waals surface area contributed by atoms with Crippen molar-refractivity contribution < 1.29 is 14.2 Å². The van der Waals surface area contributed by atoms with Crippen LogP contribution in [0.1, 0.15) is 42.0 Å². The van der Waals surface area contributed by atoms with Gasteiger partial charge in [-0.3, -0.25) is 4.90 Å². The highest BCUT2D eigenvalue weighted by molar-refractivity contribution is 5.54. The van der Waals surface area contributed by atoms with Gasteiger partial charge in [0.1, 0.15) is 23.9 Å². The van der Waals surface area contributed by atoms with Gasteiger partial charge in [-0.15, -0.1) is 0 Å². The number of phenols is 1. The van der Waals surface area contributed by atoms with Crippen molar-refractivity contribution in [2.75, 3.05) is 37.7 Å². The second-order valence-corrected chi connectivity index (χ2v) is 9.42. The smallest absolute Gasteiger partial charge is 0.125 e. The van der Waals surface area contributed by atoms with Crippen LogP contribution in [0.25, 0.3) is 0 Å². The molecule has 4 nitrogen and oxygen atoms in total. The zero-order chi connectivity index (χ0) is 23.3. The predicted octanol–water partition coefficient (Wildman–Crippen LogP) is 5.74. The molecule has 0 saturated carbocycles. The quantitative estimate of drug-likeness (QED) is 0.488. The Hall–Kier alpha value is -3.05. The SMILES string of the molecule is Oc1ccc2c(c1)CCN(c1cccc(F)c1)C2Cc1ccc(OCCN2CCCCC2)cc1. The number of phenolic OH excluding ortho intramolecular Hbond substituents is 1. The number of ether oxygens (including phenoxy) is 1. The summed E-state index contributed by atoms with van der Waals surface area (Å²) in [5.41, 5.74) is 4.45. The second kappa shape index (κ2) is 10.5. The Morgan fingerprint density at radius 1 is 0.912 bits per heavy atom. The van der Waals surface area contributed by atoms with Gasteiger partial charge in [-0.05, 0) is 97.9 Å². The first kappa shape index (κ1) is 22.7. The van der Waals surface area contributed by atoms with E-state index in [2.05, 4.69) is 34.1 Å². The molecule has 0 radical (unpaired) electrons. The molecule has 1 atom stereocenters. The number of halogens is 1. The summed E-state index contributed by atoms with van der Waals surface area (Å²) in [6.07, 6.45) is 5.56. The molecule has 2 aliphatic rings. The summed E-state index contributed by atoms with van der Waals surface area (Å²) in [6.45, 7) is 4.85. The average molecular weight is 461 g/mol. The molecule has 3 aromatic carbocycles. The number of hydrogen-bond acceptors (Lipinski definition) is 4. The molecule has 1 N–H and O–H groups in total. The third-order valence-electron chi connectivity index (χ3n) is 7.10. The second-order valence-electron chi connectivity index (χ2n) is 9.42. The van der Waals surface area contributed by atoms with E-state index in [-0.39, 0.29) is 11.9 Å². The lowest BCUT2D eigenvalue weighted by Gasteiger charge is -2.39. The molecule has 3 aromatic rings. The summed E-state index contributed by atoms with van der Waals surface area (Å²) in [5, 5.41) is 9.99. The lowest BCUT2D eigenvalue weighted by Crippen LogP contribution is -2.36. The first-order valence-corrected chi connectivity index (χ1v) is 12.4. The lowest BCUT2D eigenvalue weighted by atomic mass is 9.88. The van der Waals surface area contributed by atoms with Crippen LogP contribution in [0.2, 0.25) is 0 Å². The van der Waals surface area contributed by atoms with E-state index in [9.17, 15) is 9.50 Å². The van der Waals surface area contributed by atoms with Crippen LogP contribution in [0.5, 0.6) is 11.5 Å². The van der Waals surface area contributed by atoms with Crippen LogP contribution >= 0.6 is 0 Å². The van der Waals surface area contributed by atoms with Gasteiger partial charge < -0.3 is 14.7 Å². The highest BCUT2D eigenvalue weighted by atomic mass is 19.1. The molecule has 1 saturated heterocycles. The molecule has 1 unspecified atom stereocenters. The van der Waals surface area contributed by atoms with E-state index < -0.39 is 0 Å². The minimum Gasteiger partial charge on any atom is -0.508 e. The van der Waals surface area contributed by atoms with Crippen LogP contribution in [-0.4, -0.2) is 42.8 Å². The van der Waals surface area contributed by atoms with Crippen LogP contribution < -0.4 is 9.64 Å². The van der Waals surface area contributed by atoms with Gasteiger partial charge in [0.05, 0.1) is 6.04 Å². The maximum atomic E-state index is 14.0. The Morgan fingerprint density at radius 2 is 1.74 bits per heavy atom. The molecule has 2 heterocycles. The van der Waals surface area contributed by atoms with Gasteiger partial charge in [0.15, 0.2) is 0 Å². The zero-order valence-corrected chi connectivity index (χ0v) is 19.6. The van der Waals surface area contributed by atoms with Gasteiger partial charge >= 0.3 is 0 Å². The van der Waals surface area contributed by atoms with E-state index in [0.717, 1.165) is 42.9 Å². The summed E-state index contributed by atoms with van der Waals surface area (Å²) in [4.78, 5) is 4.77. The summed E-state index contributed by atoms with van der Waals surface area (Å²) < 4.78 is 20.0. The number of nitrogens with zero attached hydrogens (tertiary/aromatic N) is 2. The van der Waals surface area contributed by atoms with Gasteiger partial charge in [-0.1, -0.05) is 30.7 Å². The van der Waals surface area contributed by atoms with E-state index in [4.69, 9.17) is 4.74 Å². The van der Waals surface area contributed by atoms with Crippen molar-refractivity contribution in [3.8, 4) is 11.5 Å². The molecule has 34 heavy (non-hydrogen) atoms. The van der Waals surface area contributed by atoms with Crippen LogP contribution in [0.4, 0.5) is 10.1 Å². The maximum absolute atomic E-state index is 14.0. The monoisotopic (exact) mass is 460 g/mol. The predicted molar refractivity (Wildman–Crippen MR) is 134 cm³/mol. The molecule has 2 aliphatic heterocycles. The number of rotatable bonds is 7. The molecule has 1 fully saturated rings. The Morgan fingerprint density at radius 3 is 2.53 bits per heavy atom. The number of hydrogen-bond donors (Lipinski definition) is 1. The van der Waals surface area contributed by atoms with Crippen molar-refractivity contribution in [1.82, 2.24) is 4.90 Å². The summed E-state index contributed by atoms with van der Waals surface area (Å²) in [7, 11) is 0. The Balaban J connectivity index is 1.30. The lowest BCUT2D eigenvalue weighted by molar-refractivity contribution is 0.183. The minimum absolute atomic E-state index is 0.0667. The summed E-state index contributed by atoms with van der Waals surface area (Å²) in [5.74, 6) is 0.971. The third-order valence-corrected chi connectivity index (χ3v) is 7.10. The molecular weight excluding hydrogens is 427 g/mol. The van der Waals surface area contributed by atoms with Crippen molar-refractivity contribution in [2.45, 2.75) is 38.1 Å². The molecular formula is C29H33FN2O2. The number of fused-ring (bicyclic) bond motifs is 1. The van der Waals surface area contributed by atoms with Crippen LogP contribution in [0.15, 0.2) is 66.7 Å². The highest BCUT2D eigenvalue weighted by Crippen LogP contribution is 2.37. The molecule has 0 bridgehead atoms. The zero-order valence-electron chi connectivity index (χ0n) is 19.6. The van der Waals surface area contributed by atoms with Gasteiger partial charge in [0.25, 0.3) is 0 Å². The fourth-order valence-corrected chi connectivity index (χ4v) is 5.30. The minimum atomic E-state index is -0.223. The molecule has 0 spiro atoms. The van der Waals surface area contributed by atoms with Crippen molar-refractivity contribution in [3.63, 3.8) is 0 Å². The Labute approximate surface area is 201 Å². The Kier molecular flexibility index (Phi) is 7.00. The van der Waals surface area contributed by atoms with Crippen molar-refractivity contribution in [2.24, 2.45) is 0 Å². The highest BCUT2D eigenvalue weighted by Gasteiger charge is 2.28. The fraction of sp³-hybridized carbons (Fsp3) is 0.379. The molecule has 5 rings (SSSR count). The number of piperidine rings is 1. The van der Waals surface area contributed by atoms with E-state index in [0.29, 0.717) is 12.4 Å². The van der Waals surface area contributed by atoms with E-state index in [1.54, 1.807) is 18.2 Å². The van der Waals surface area contributed by atoms with E-state index >= 15 is 0 Å². The summed E-state index contributed by atoms with van der Waals surface area (Å²) >= 11 is 0. The molecule has 0 amide bonds. The Bertz CT molecular complexity index is 1100. The van der Waals surface area contributed by atoms with Gasteiger partial charge in [-0.25, -0.2) is 4.39 Å². The van der Waals surface area contributed by atoms with Crippen LogP contribution in [0.3, 0.4) is 0 Å². The van der Waals surface area contributed by atoms with Gasteiger partial charge in [0.2, 0.25) is 0 Å². The largest absolute Gasteiger partial charge is 0.508 e. The summed E-state index contributed by atoms with van der Waals surface area (Å²) in [6, 6.07) is 20.9. The number of aromatic hydroxyl groups is 1. The number of anilines is 1. The van der Waals surface area contributed by atoms with Gasteiger partial charge in [0, 0.05) is 18.8 Å². The standard InChI is InChI=1S/C29H33FN2O2/c30-24-5-4-6-25(21-24)32-16-13-23-20-26(33)9-12-28(23)29(32)19-22-7-10-27(11-8-22)34-18-17-31-14-2-1-3-15-31/h4-12,20-21,29,33H,1-3,13-19H2. The number of likely N-dealkylation sites (tertiary alicyclic amines) is 1. The first-order chi connectivity index (χ1) is 16.7. The average Bonchev–Trinajstić information content (AvgIpc) is 2.86. The van der Waals surface area contributed by atoms with Crippen molar-refractivity contribution in [1.29, 1.82) is 0 Å². The van der Waals surface area contributed by atoms with Crippen molar-refractivity contribution in [3.05, 3.63) is 89.2 Å². The third kappa shape index (κ3) is 5.36. The normalized spacial score (nSPS) is 18.5. The first-order valence-electron chi connectivity index (χ1n) is 12.4. The molecule has 178 valence electrons. The van der Waals surface area contributed by atoms with Crippen LogP contribution in [-0.2, 0) is 12.8 Å². The molecule has 0 aliphatic carbocycles. The van der Waals surface area contributed by atoms with E-state index in [1.165, 1.54) is 49.5 Å². The maximum Gasteiger partial charge on any atom is 0.125 e. The van der Waals surface area contributed by atoms with Crippen LogP contribution in [0, 0.1) is 5.82 Å². The molecule has 0 aromatic heterocycles. The fourth-order valence-electron chi connectivity index (χ4n) is 5.30. The van der Waals surface area contributed by atoms with Crippen molar-refractivity contribution >= 4 is 5.69 Å². The number of benzene rings is 3. The van der Waals surface area contributed by atoms with Gasteiger partial charge in [-0.2, -0.15) is 0 Å². The van der Waals surface area contributed by atoms with E-state index in [1.807, 2.05) is 18.2 Å².